The lowest BCUT2D eigenvalue weighted by Crippen LogP contribution is -2.46. The molecular weight excluding hydrogens is 439 g/mol. The van der Waals surface area contributed by atoms with Crippen LogP contribution in [0.15, 0.2) is 35.3 Å². The van der Waals surface area contributed by atoms with Gasteiger partial charge in [-0.2, -0.15) is 0 Å². The van der Waals surface area contributed by atoms with Crippen LogP contribution in [0, 0.1) is 0 Å². The van der Waals surface area contributed by atoms with Crippen molar-refractivity contribution in [1.29, 1.82) is 0 Å². The van der Waals surface area contributed by atoms with E-state index in [-0.39, 0.29) is 30.1 Å². The quantitative estimate of drug-likeness (QED) is 0.363. The van der Waals surface area contributed by atoms with Crippen LogP contribution in [-0.4, -0.2) is 66.2 Å². The number of hydrogen-bond donors (Lipinski definition) is 2. The number of aliphatic imine (C=N–C) groups is 1. The smallest absolute Gasteiger partial charge is 0.193 e. The second-order valence-electron chi connectivity index (χ2n) is 6.99. The fraction of sp³-hybridized carbons (Fsp3) is 0.650. The molecule has 0 amide bonds. The third-order valence-corrected chi connectivity index (χ3v) is 4.93. The summed E-state index contributed by atoms with van der Waals surface area (Å²) in [5.41, 5.74) is 1.35. The average Bonchev–Trinajstić information content (AvgIpc) is 2.62. The summed E-state index contributed by atoms with van der Waals surface area (Å²) in [5.74, 6) is 0.993. The number of rotatable bonds is 7. The highest BCUT2D eigenvalue weighted by Crippen LogP contribution is 2.11. The van der Waals surface area contributed by atoms with E-state index < -0.39 is 0 Å². The molecule has 2 N–H and O–H groups in total. The Morgan fingerprint density at radius 1 is 1.31 bits per heavy atom. The fourth-order valence-electron chi connectivity index (χ4n) is 3.11. The minimum Gasteiger partial charge on any atom is -0.393 e. The molecule has 1 saturated heterocycles. The first kappa shape index (κ1) is 23.2. The highest BCUT2D eigenvalue weighted by atomic mass is 127. The first-order valence-corrected chi connectivity index (χ1v) is 9.55. The summed E-state index contributed by atoms with van der Waals surface area (Å²) in [6.07, 6.45) is 2.56. The number of halogens is 1. The molecule has 6 heteroatoms. The monoisotopic (exact) mass is 474 g/mol. The normalized spacial score (nSPS) is 17.1. The predicted octanol–water partition coefficient (Wildman–Crippen LogP) is 2.94. The minimum atomic E-state index is -0.147. The molecule has 1 aromatic rings. The maximum Gasteiger partial charge on any atom is 0.193 e. The van der Waals surface area contributed by atoms with Crippen molar-refractivity contribution >= 4 is 29.9 Å². The zero-order chi connectivity index (χ0) is 18.1. The Balaban J connectivity index is 0.00000338. The van der Waals surface area contributed by atoms with E-state index in [2.05, 4.69) is 66.3 Å². The average molecular weight is 474 g/mol. The molecule has 0 spiro atoms. The molecular formula is C20H35IN4O. The zero-order valence-corrected chi connectivity index (χ0v) is 18.7. The number of nitrogens with zero attached hydrogens (tertiary/aromatic N) is 3. The van der Waals surface area contributed by atoms with Gasteiger partial charge in [-0.1, -0.05) is 30.3 Å². The van der Waals surface area contributed by atoms with Crippen LogP contribution in [0.5, 0.6) is 0 Å². The summed E-state index contributed by atoms with van der Waals surface area (Å²) >= 11 is 0. The van der Waals surface area contributed by atoms with Crippen LogP contribution in [0.25, 0.3) is 0 Å². The van der Waals surface area contributed by atoms with Crippen LogP contribution in [0.2, 0.25) is 0 Å². The largest absolute Gasteiger partial charge is 0.393 e. The predicted molar refractivity (Wildman–Crippen MR) is 120 cm³/mol. The van der Waals surface area contributed by atoms with Gasteiger partial charge in [0.05, 0.1) is 6.10 Å². The van der Waals surface area contributed by atoms with Gasteiger partial charge in [-0.3, -0.25) is 9.89 Å². The van der Waals surface area contributed by atoms with Gasteiger partial charge in [0.1, 0.15) is 0 Å². The molecule has 26 heavy (non-hydrogen) atoms. The molecule has 0 saturated carbocycles. The highest BCUT2D eigenvalue weighted by molar-refractivity contribution is 14.0. The summed E-state index contributed by atoms with van der Waals surface area (Å²) in [5, 5.41) is 13.1. The van der Waals surface area contributed by atoms with Gasteiger partial charge in [-0.15, -0.1) is 24.0 Å². The van der Waals surface area contributed by atoms with Gasteiger partial charge in [0.25, 0.3) is 0 Å². The Bertz CT molecular complexity index is 518. The molecule has 1 fully saturated rings. The van der Waals surface area contributed by atoms with E-state index in [9.17, 15) is 5.11 Å². The molecule has 1 aromatic carbocycles. The lowest BCUT2D eigenvalue weighted by Gasteiger charge is -2.32. The number of piperidine rings is 1. The van der Waals surface area contributed by atoms with Gasteiger partial charge in [-0.25, -0.2) is 0 Å². The Labute approximate surface area is 175 Å². The van der Waals surface area contributed by atoms with Gasteiger partial charge in [0, 0.05) is 38.8 Å². The number of benzene rings is 1. The summed E-state index contributed by atoms with van der Waals surface area (Å²) < 4.78 is 0. The van der Waals surface area contributed by atoms with Crippen LogP contribution >= 0.6 is 24.0 Å². The summed E-state index contributed by atoms with van der Waals surface area (Å²) in [6.45, 7) is 8.80. The molecule has 0 aromatic heterocycles. The van der Waals surface area contributed by atoms with E-state index in [0.29, 0.717) is 6.04 Å². The third kappa shape index (κ3) is 7.80. The SMILES string of the molecule is CCNC(=NCCC(C)N(C)Cc1ccccc1)N1CCC(O)CC1.I. The minimum absolute atomic E-state index is 0. The first-order valence-electron chi connectivity index (χ1n) is 9.55. The lowest BCUT2D eigenvalue weighted by atomic mass is 10.1. The topological polar surface area (TPSA) is 51.1 Å². The summed E-state index contributed by atoms with van der Waals surface area (Å²) in [6, 6.07) is 11.1. The maximum absolute atomic E-state index is 9.68. The molecule has 1 unspecified atom stereocenters. The number of nitrogens with one attached hydrogen (secondary N) is 1. The molecule has 0 aliphatic carbocycles. The second kappa shape index (κ2) is 12.5. The van der Waals surface area contributed by atoms with Crippen molar-refractivity contribution in [2.75, 3.05) is 33.2 Å². The molecule has 1 aliphatic rings. The number of hydrogen-bond acceptors (Lipinski definition) is 3. The van der Waals surface area contributed by atoms with Gasteiger partial charge in [-0.05, 0) is 45.7 Å². The van der Waals surface area contributed by atoms with Crippen LogP contribution in [-0.2, 0) is 6.54 Å². The molecule has 5 nitrogen and oxygen atoms in total. The van der Waals surface area contributed by atoms with Crippen molar-refractivity contribution in [2.24, 2.45) is 4.99 Å². The summed E-state index contributed by atoms with van der Waals surface area (Å²) in [4.78, 5) is 9.47. The van der Waals surface area contributed by atoms with Gasteiger partial charge in [0.2, 0.25) is 0 Å². The zero-order valence-electron chi connectivity index (χ0n) is 16.4. The second-order valence-corrected chi connectivity index (χ2v) is 6.99. The summed E-state index contributed by atoms with van der Waals surface area (Å²) in [7, 11) is 2.18. The van der Waals surface area contributed by atoms with Crippen molar-refractivity contribution in [2.45, 2.75) is 51.8 Å². The van der Waals surface area contributed by atoms with Gasteiger partial charge in [0.15, 0.2) is 5.96 Å². The molecule has 1 heterocycles. The van der Waals surface area contributed by atoms with E-state index in [0.717, 1.165) is 57.9 Å². The highest BCUT2D eigenvalue weighted by Gasteiger charge is 2.19. The van der Waals surface area contributed by atoms with E-state index in [1.165, 1.54) is 5.56 Å². The standard InChI is InChI=1S/C20H34N4O.HI/c1-4-21-20(24-14-11-19(25)12-15-24)22-13-10-17(2)23(3)16-18-8-6-5-7-9-18;/h5-9,17,19,25H,4,10-16H2,1-3H3,(H,21,22);1H. The number of aliphatic hydroxyl groups excluding tert-OH is 1. The molecule has 1 aliphatic heterocycles. The number of guanidine groups is 1. The maximum atomic E-state index is 9.68. The Kier molecular flexibility index (Phi) is 11.2. The van der Waals surface area contributed by atoms with Crippen LogP contribution in [0.3, 0.4) is 0 Å². The number of aliphatic hydroxyl groups is 1. The van der Waals surface area contributed by atoms with Crippen molar-refractivity contribution in [1.82, 2.24) is 15.1 Å². The lowest BCUT2D eigenvalue weighted by molar-refractivity contribution is 0.108. The molecule has 0 bridgehead atoms. The molecule has 1 atom stereocenters. The van der Waals surface area contributed by atoms with Gasteiger partial charge < -0.3 is 15.3 Å². The van der Waals surface area contributed by atoms with Crippen LogP contribution in [0.4, 0.5) is 0 Å². The van der Waals surface area contributed by atoms with Crippen molar-refractivity contribution < 1.29 is 5.11 Å². The third-order valence-electron chi connectivity index (χ3n) is 4.93. The number of likely N-dealkylation sites (tertiary alicyclic amines) is 1. The Morgan fingerprint density at radius 2 is 1.96 bits per heavy atom. The molecule has 148 valence electrons. The molecule has 2 rings (SSSR count). The fourth-order valence-corrected chi connectivity index (χ4v) is 3.11. The van der Waals surface area contributed by atoms with Crippen molar-refractivity contribution in [3.63, 3.8) is 0 Å². The Hall–Kier alpha value is -0.860. The van der Waals surface area contributed by atoms with Gasteiger partial charge >= 0.3 is 0 Å². The molecule has 0 radical (unpaired) electrons. The van der Waals surface area contributed by atoms with E-state index in [4.69, 9.17) is 4.99 Å². The van der Waals surface area contributed by atoms with Crippen molar-refractivity contribution in [3.8, 4) is 0 Å². The van der Waals surface area contributed by atoms with Crippen molar-refractivity contribution in [3.05, 3.63) is 35.9 Å². The first-order chi connectivity index (χ1) is 12.1. The van der Waals surface area contributed by atoms with Crippen LogP contribution < -0.4 is 5.32 Å². The Morgan fingerprint density at radius 3 is 2.58 bits per heavy atom. The van der Waals surface area contributed by atoms with E-state index in [1.807, 2.05) is 0 Å². The van der Waals surface area contributed by atoms with Crippen LogP contribution in [0.1, 0.15) is 38.7 Å². The van der Waals surface area contributed by atoms with E-state index in [1.54, 1.807) is 0 Å². The van der Waals surface area contributed by atoms with E-state index >= 15 is 0 Å².